The van der Waals surface area contributed by atoms with Crippen LogP contribution >= 0.6 is 11.8 Å². The fourth-order valence-electron chi connectivity index (χ4n) is 3.40. The van der Waals surface area contributed by atoms with Crippen molar-refractivity contribution in [2.24, 2.45) is 0 Å². The Labute approximate surface area is 194 Å². The van der Waals surface area contributed by atoms with Crippen LogP contribution in [0, 0.1) is 0 Å². The first-order chi connectivity index (χ1) is 15.8. The second kappa shape index (κ2) is 9.10. The number of aromatic carboxylic acids is 2. The van der Waals surface area contributed by atoms with E-state index in [-0.39, 0.29) is 11.1 Å². The number of nitrogen functional groups attached to an aromatic ring is 2. The number of benzene rings is 4. The van der Waals surface area contributed by atoms with Gasteiger partial charge in [0.2, 0.25) is 0 Å². The molecule has 0 radical (unpaired) electrons. The Balaban J connectivity index is 1.85. The summed E-state index contributed by atoms with van der Waals surface area (Å²) in [4.78, 5) is 24.8. The molecule has 0 saturated carbocycles. The van der Waals surface area contributed by atoms with Crippen LogP contribution in [0.15, 0.2) is 94.7 Å². The Bertz CT molecular complexity index is 1250. The van der Waals surface area contributed by atoms with E-state index in [1.165, 1.54) is 11.8 Å². The van der Waals surface area contributed by atoms with E-state index in [2.05, 4.69) is 0 Å². The van der Waals surface area contributed by atoms with Crippen molar-refractivity contribution in [2.75, 3.05) is 11.5 Å². The van der Waals surface area contributed by atoms with Crippen LogP contribution in [0.5, 0.6) is 0 Å². The lowest BCUT2D eigenvalue weighted by Gasteiger charge is -2.15. The zero-order valence-electron chi connectivity index (χ0n) is 17.4. The second-order valence-electron chi connectivity index (χ2n) is 7.38. The van der Waals surface area contributed by atoms with Gasteiger partial charge in [-0.1, -0.05) is 36.0 Å². The lowest BCUT2D eigenvalue weighted by Crippen LogP contribution is -1.98. The van der Waals surface area contributed by atoms with Gasteiger partial charge in [0, 0.05) is 21.2 Å². The maximum Gasteiger partial charge on any atom is 0.335 e. The maximum atomic E-state index is 11.6. The summed E-state index contributed by atoms with van der Waals surface area (Å²) in [7, 11) is 0. The zero-order valence-corrected chi connectivity index (χ0v) is 18.2. The molecule has 0 spiro atoms. The molecular formula is C26H20N2O4S. The quantitative estimate of drug-likeness (QED) is 0.273. The summed E-state index contributed by atoms with van der Waals surface area (Å²) in [6, 6.07) is 24.3. The summed E-state index contributed by atoms with van der Waals surface area (Å²) in [5.74, 6) is -2.03. The molecule has 0 fully saturated rings. The number of nitrogens with two attached hydrogens (primary N) is 2. The van der Waals surface area contributed by atoms with Crippen molar-refractivity contribution < 1.29 is 19.8 Å². The maximum absolute atomic E-state index is 11.6. The van der Waals surface area contributed by atoms with E-state index in [1.54, 1.807) is 60.7 Å². The molecule has 4 aromatic rings. The van der Waals surface area contributed by atoms with Crippen LogP contribution in [0.3, 0.4) is 0 Å². The van der Waals surface area contributed by atoms with Crippen molar-refractivity contribution in [3.63, 3.8) is 0 Å². The van der Waals surface area contributed by atoms with Gasteiger partial charge in [-0.05, 0) is 82.9 Å². The van der Waals surface area contributed by atoms with Crippen molar-refractivity contribution in [1.29, 1.82) is 0 Å². The number of carboxylic acids is 2. The van der Waals surface area contributed by atoms with Crippen molar-refractivity contribution in [3.05, 3.63) is 96.1 Å². The highest BCUT2D eigenvalue weighted by molar-refractivity contribution is 7.99. The molecule has 0 saturated heterocycles. The normalized spacial score (nSPS) is 10.7. The molecule has 33 heavy (non-hydrogen) atoms. The lowest BCUT2D eigenvalue weighted by atomic mass is 10.0. The van der Waals surface area contributed by atoms with Crippen molar-refractivity contribution in [2.45, 2.75) is 9.79 Å². The number of anilines is 2. The molecule has 0 bridgehead atoms. The average Bonchev–Trinajstić information content (AvgIpc) is 2.80. The topological polar surface area (TPSA) is 127 Å². The predicted octanol–water partition coefficient (Wildman–Crippen LogP) is 5.73. The number of rotatable bonds is 6. The highest BCUT2D eigenvalue weighted by Crippen LogP contribution is 2.41. The third kappa shape index (κ3) is 4.83. The number of carbonyl (C=O) groups is 2. The molecular weight excluding hydrogens is 436 g/mol. The number of hydrogen-bond donors (Lipinski definition) is 4. The predicted molar refractivity (Wildman–Crippen MR) is 131 cm³/mol. The van der Waals surface area contributed by atoms with Gasteiger partial charge in [0.05, 0.1) is 11.1 Å². The fourth-order valence-corrected chi connectivity index (χ4v) is 4.48. The molecule has 0 heterocycles. The van der Waals surface area contributed by atoms with E-state index in [9.17, 15) is 19.8 Å². The van der Waals surface area contributed by atoms with E-state index in [0.29, 0.717) is 11.4 Å². The molecule has 0 atom stereocenters. The summed E-state index contributed by atoms with van der Waals surface area (Å²) in [5, 5.41) is 19.0. The molecule has 164 valence electrons. The molecule has 4 aromatic carbocycles. The van der Waals surface area contributed by atoms with E-state index in [1.807, 2.05) is 24.3 Å². The smallest absolute Gasteiger partial charge is 0.335 e. The Morgan fingerprint density at radius 2 is 0.939 bits per heavy atom. The van der Waals surface area contributed by atoms with Crippen LogP contribution in [0.1, 0.15) is 20.7 Å². The molecule has 0 aliphatic carbocycles. The van der Waals surface area contributed by atoms with E-state index < -0.39 is 11.9 Å². The van der Waals surface area contributed by atoms with Crippen LogP contribution in [-0.4, -0.2) is 22.2 Å². The van der Waals surface area contributed by atoms with Gasteiger partial charge in [0.25, 0.3) is 0 Å². The minimum Gasteiger partial charge on any atom is -0.478 e. The summed E-state index contributed by atoms with van der Waals surface area (Å²) < 4.78 is 0. The lowest BCUT2D eigenvalue weighted by molar-refractivity contribution is 0.0686. The van der Waals surface area contributed by atoms with Gasteiger partial charge in [-0.2, -0.15) is 0 Å². The summed E-state index contributed by atoms with van der Waals surface area (Å²) in [6.07, 6.45) is 0. The minimum absolute atomic E-state index is 0.172. The molecule has 0 aliphatic heterocycles. The Hall–Kier alpha value is -4.23. The highest BCUT2D eigenvalue weighted by Gasteiger charge is 2.16. The van der Waals surface area contributed by atoms with Gasteiger partial charge >= 0.3 is 11.9 Å². The van der Waals surface area contributed by atoms with Gasteiger partial charge in [0.15, 0.2) is 0 Å². The van der Waals surface area contributed by atoms with Crippen molar-refractivity contribution in [1.82, 2.24) is 0 Å². The summed E-state index contributed by atoms with van der Waals surface area (Å²) in [5.41, 5.74) is 16.3. The van der Waals surface area contributed by atoms with E-state index in [0.717, 1.165) is 32.0 Å². The summed E-state index contributed by atoms with van der Waals surface area (Å²) in [6.45, 7) is 0. The minimum atomic E-state index is -1.02. The molecule has 0 unspecified atom stereocenters. The largest absolute Gasteiger partial charge is 0.478 e. The zero-order chi connectivity index (χ0) is 23.5. The Morgan fingerprint density at radius 3 is 1.27 bits per heavy atom. The molecule has 6 N–H and O–H groups in total. The molecule has 4 rings (SSSR count). The SMILES string of the molecule is Nc1ccc(-c2cc(C(=O)O)ccc2Sc2ccc(C(=O)O)cc2-c2ccc(N)cc2)cc1. The monoisotopic (exact) mass is 456 g/mol. The van der Waals surface area contributed by atoms with Gasteiger partial charge < -0.3 is 21.7 Å². The first-order valence-electron chi connectivity index (χ1n) is 9.96. The van der Waals surface area contributed by atoms with Crippen molar-refractivity contribution in [3.8, 4) is 22.3 Å². The molecule has 0 aromatic heterocycles. The molecule has 6 nitrogen and oxygen atoms in total. The van der Waals surface area contributed by atoms with Crippen molar-refractivity contribution >= 4 is 35.1 Å². The fraction of sp³-hybridized carbons (Fsp3) is 0. The van der Waals surface area contributed by atoms with Crippen LogP contribution in [-0.2, 0) is 0 Å². The first-order valence-corrected chi connectivity index (χ1v) is 10.8. The molecule has 0 aliphatic rings. The highest BCUT2D eigenvalue weighted by atomic mass is 32.2. The number of hydrogen-bond acceptors (Lipinski definition) is 5. The standard InChI is InChI=1S/C26H20N2O4S/c27-19-7-1-15(2-8-19)21-13-17(25(29)30)5-11-23(21)33-24-12-6-18(26(31)32)14-22(24)16-3-9-20(28)10-4-16/h1-14H,27-28H2,(H,29,30)(H,31,32). The van der Waals surface area contributed by atoms with Gasteiger partial charge in [-0.25, -0.2) is 9.59 Å². The molecule has 0 amide bonds. The van der Waals surface area contributed by atoms with Gasteiger partial charge in [-0.15, -0.1) is 0 Å². The third-order valence-corrected chi connectivity index (χ3v) is 6.27. The average molecular weight is 457 g/mol. The first kappa shape index (κ1) is 22.0. The summed E-state index contributed by atoms with van der Waals surface area (Å²) >= 11 is 1.43. The van der Waals surface area contributed by atoms with Gasteiger partial charge in [0.1, 0.15) is 0 Å². The van der Waals surface area contributed by atoms with E-state index in [4.69, 9.17) is 11.5 Å². The Kier molecular flexibility index (Phi) is 6.06. The number of carboxylic acid groups (broad SMARTS) is 2. The van der Waals surface area contributed by atoms with Crippen LogP contribution in [0.2, 0.25) is 0 Å². The molecule has 7 heteroatoms. The van der Waals surface area contributed by atoms with Crippen LogP contribution < -0.4 is 11.5 Å². The second-order valence-corrected chi connectivity index (χ2v) is 8.46. The van der Waals surface area contributed by atoms with Crippen LogP contribution in [0.25, 0.3) is 22.3 Å². The third-order valence-electron chi connectivity index (χ3n) is 5.12. The van der Waals surface area contributed by atoms with Crippen LogP contribution in [0.4, 0.5) is 11.4 Å². The Morgan fingerprint density at radius 1 is 0.576 bits per heavy atom. The van der Waals surface area contributed by atoms with Gasteiger partial charge in [-0.3, -0.25) is 0 Å². The van der Waals surface area contributed by atoms with E-state index >= 15 is 0 Å².